The number of allylic oxidation sites excluding steroid dienone is 2. The van der Waals surface area contributed by atoms with Crippen LogP contribution in [0.4, 0.5) is 0 Å². The van der Waals surface area contributed by atoms with Crippen LogP contribution in [0.15, 0.2) is 48.5 Å². The van der Waals surface area contributed by atoms with Crippen LogP contribution >= 0.6 is 0 Å². The van der Waals surface area contributed by atoms with Crippen LogP contribution in [0.1, 0.15) is 30.4 Å². The molecule has 1 aliphatic carbocycles. The van der Waals surface area contributed by atoms with E-state index in [0.717, 1.165) is 22.4 Å². The zero-order valence-corrected chi connectivity index (χ0v) is 17.6. The van der Waals surface area contributed by atoms with Gasteiger partial charge in [0.2, 0.25) is 0 Å². The second kappa shape index (κ2) is 9.48. The molecule has 0 bridgehead atoms. The van der Waals surface area contributed by atoms with Crippen LogP contribution < -0.4 is 14.2 Å². The maximum absolute atomic E-state index is 13.1. The Balaban J connectivity index is 2.08. The Bertz CT molecular complexity index is 945. The molecule has 0 aromatic heterocycles. The average molecular weight is 410 g/mol. The van der Waals surface area contributed by atoms with Crippen molar-refractivity contribution in [2.45, 2.75) is 19.3 Å². The molecule has 0 spiro atoms. The van der Waals surface area contributed by atoms with E-state index in [-0.39, 0.29) is 12.4 Å². The molecule has 158 valence electrons. The first kappa shape index (κ1) is 21.4. The van der Waals surface area contributed by atoms with Gasteiger partial charge in [-0.15, -0.1) is 0 Å². The van der Waals surface area contributed by atoms with Gasteiger partial charge in [0.05, 0.1) is 27.9 Å². The molecule has 6 heteroatoms. The zero-order chi connectivity index (χ0) is 21.7. The summed E-state index contributed by atoms with van der Waals surface area (Å²) in [5, 5.41) is 0. The van der Waals surface area contributed by atoms with E-state index < -0.39 is 17.8 Å². The highest BCUT2D eigenvalue weighted by Gasteiger charge is 2.41. The first-order chi connectivity index (χ1) is 14.5. The number of esters is 1. The lowest BCUT2D eigenvalue weighted by Crippen LogP contribution is -2.34. The van der Waals surface area contributed by atoms with Gasteiger partial charge in [-0.05, 0) is 60.9 Å². The predicted molar refractivity (Wildman–Crippen MR) is 113 cm³/mol. The number of rotatable bonds is 7. The number of carbonyl (C=O) groups excluding carboxylic acids is 2. The maximum Gasteiger partial charge on any atom is 0.317 e. The molecule has 1 aliphatic rings. The lowest BCUT2D eigenvalue weighted by molar-refractivity contribution is -0.151. The third kappa shape index (κ3) is 4.32. The topological polar surface area (TPSA) is 71.1 Å². The molecular weight excluding hydrogens is 384 g/mol. The fourth-order valence-electron chi connectivity index (χ4n) is 3.81. The molecule has 2 aromatic rings. The molecule has 0 fully saturated rings. The minimum atomic E-state index is -0.937. The van der Waals surface area contributed by atoms with E-state index >= 15 is 0 Å². The van der Waals surface area contributed by atoms with Crippen LogP contribution in [-0.2, 0) is 14.3 Å². The number of ether oxygens (including phenoxy) is 4. The van der Waals surface area contributed by atoms with Crippen LogP contribution in [-0.4, -0.2) is 39.7 Å². The lowest BCUT2D eigenvalue weighted by atomic mass is 9.73. The van der Waals surface area contributed by atoms with Gasteiger partial charge in [0.15, 0.2) is 5.78 Å². The van der Waals surface area contributed by atoms with E-state index in [1.807, 2.05) is 30.3 Å². The Morgan fingerprint density at radius 3 is 2.23 bits per heavy atom. The molecule has 0 amide bonds. The highest BCUT2D eigenvalue weighted by Crippen LogP contribution is 2.44. The Morgan fingerprint density at radius 2 is 1.63 bits per heavy atom. The molecule has 0 radical (unpaired) electrons. The van der Waals surface area contributed by atoms with Crippen molar-refractivity contribution in [1.29, 1.82) is 0 Å². The predicted octanol–water partition coefficient (Wildman–Crippen LogP) is 4.03. The summed E-state index contributed by atoms with van der Waals surface area (Å²) >= 11 is 0. The number of ketones is 1. The molecule has 0 heterocycles. The van der Waals surface area contributed by atoms with Gasteiger partial charge in [0.1, 0.15) is 23.2 Å². The van der Waals surface area contributed by atoms with E-state index in [1.165, 1.54) is 0 Å². The largest absolute Gasteiger partial charge is 0.497 e. The Hall–Kier alpha value is -3.28. The van der Waals surface area contributed by atoms with Crippen LogP contribution in [0.25, 0.3) is 5.57 Å². The van der Waals surface area contributed by atoms with Crippen molar-refractivity contribution < 1.29 is 28.5 Å². The molecule has 0 unspecified atom stereocenters. The lowest BCUT2D eigenvalue weighted by Gasteiger charge is -2.30. The molecule has 0 saturated carbocycles. The summed E-state index contributed by atoms with van der Waals surface area (Å²) in [7, 11) is 4.74. The molecule has 2 aromatic carbocycles. The fourth-order valence-corrected chi connectivity index (χ4v) is 3.81. The van der Waals surface area contributed by atoms with E-state index in [1.54, 1.807) is 46.5 Å². The Kier molecular flexibility index (Phi) is 6.77. The van der Waals surface area contributed by atoms with Crippen molar-refractivity contribution >= 4 is 17.3 Å². The highest BCUT2D eigenvalue weighted by molar-refractivity contribution is 6.10. The smallest absolute Gasteiger partial charge is 0.317 e. The molecule has 0 saturated heterocycles. The summed E-state index contributed by atoms with van der Waals surface area (Å²) in [6.07, 6.45) is 2.03. The second-order valence-corrected chi connectivity index (χ2v) is 6.95. The van der Waals surface area contributed by atoms with Crippen molar-refractivity contribution in [1.82, 2.24) is 0 Å². The normalized spacial score (nSPS) is 18.4. The SMILES string of the molecule is CCOC(=O)[C@H]1C(=O)C=C(c2ccc(OC)cc2)C[C@@H]1c1cc(OC)ccc1OC. The van der Waals surface area contributed by atoms with Gasteiger partial charge in [-0.1, -0.05) is 12.1 Å². The van der Waals surface area contributed by atoms with Gasteiger partial charge in [-0.2, -0.15) is 0 Å². The molecule has 0 N–H and O–H groups in total. The van der Waals surface area contributed by atoms with E-state index in [9.17, 15) is 9.59 Å². The quantitative estimate of drug-likeness (QED) is 0.507. The van der Waals surface area contributed by atoms with Gasteiger partial charge >= 0.3 is 5.97 Å². The zero-order valence-electron chi connectivity index (χ0n) is 17.6. The number of benzene rings is 2. The summed E-state index contributed by atoms with van der Waals surface area (Å²) < 4.78 is 21.4. The van der Waals surface area contributed by atoms with Gasteiger partial charge in [0.25, 0.3) is 0 Å². The molecule has 30 heavy (non-hydrogen) atoms. The van der Waals surface area contributed by atoms with Crippen molar-refractivity contribution in [3.05, 3.63) is 59.7 Å². The molecule has 6 nitrogen and oxygen atoms in total. The number of methoxy groups -OCH3 is 3. The third-order valence-electron chi connectivity index (χ3n) is 5.30. The monoisotopic (exact) mass is 410 g/mol. The first-order valence-electron chi connectivity index (χ1n) is 9.79. The van der Waals surface area contributed by atoms with E-state index in [4.69, 9.17) is 18.9 Å². The number of hydrogen-bond acceptors (Lipinski definition) is 6. The van der Waals surface area contributed by atoms with Gasteiger partial charge in [0, 0.05) is 11.5 Å². The second-order valence-electron chi connectivity index (χ2n) is 6.95. The van der Waals surface area contributed by atoms with Crippen LogP contribution in [0.2, 0.25) is 0 Å². The first-order valence-corrected chi connectivity index (χ1v) is 9.79. The van der Waals surface area contributed by atoms with Crippen molar-refractivity contribution in [2.75, 3.05) is 27.9 Å². The van der Waals surface area contributed by atoms with Gasteiger partial charge in [-0.25, -0.2) is 0 Å². The highest BCUT2D eigenvalue weighted by atomic mass is 16.5. The average Bonchev–Trinajstić information content (AvgIpc) is 2.78. The maximum atomic E-state index is 13.1. The molecule has 2 atom stereocenters. The standard InChI is InChI=1S/C24H26O6/c1-5-30-24(26)23-20(19-14-18(28-3)10-11-22(19)29-4)12-16(13-21(23)25)15-6-8-17(27-2)9-7-15/h6-11,13-14,20,23H,5,12H2,1-4H3/t20-,23-/m1/s1. The Labute approximate surface area is 176 Å². The van der Waals surface area contributed by atoms with Crippen molar-refractivity contribution in [3.8, 4) is 17.2 Å². The summed E-state index contributed by atoms with van der Waals surface area (Å²) in [4.78, 5) is 25.8. The number of hydrogen-bond donors (Lipinski definition) is 0. The minimum absolute atomic E-state index is 0.208. The fraction of sp³-hybridized carbons (Fsp3) is 0.333. The molecule has 3 rings (SSSR count). The van der Waals surface area contributed by atoms with E-state index in [2.05, 4.69) is 0 Å². The van der Waals surface area contributed by atoms with E-state index in [0.29, 0.717) is 17.9 Å². The van der Waals surface area contributed by atoms with Gasteiger partial charge in [-0.3, -0.25) is 9.59 Å². The van der Waals surface area contributed by atoms with Crippen molar-refractivity contribution in [2.24, 2.45) is 5.92 Å². The Morgan fingerprint density at radius 1 is 0.967 bits per heavy atom. The summed E-state index contributed by atoms with van der Waals surface area (Å²) in [6, 6.07) is 12.9. The third-order valence-corrected chi connectivity index (χ3v) is 5.30. The summed E-state index contributed by atoms with van der Waals surface area (Å²) in [5.74, 6) is -0.225. The molecule has 0 aliphatic heterocycles. The molecular formula is C24H26O6. The van der Waals surface area contributed by atoms with Gasteiger partial charge < -0.3 is 18.9 Å². The van der Waals surface area contributed by atoms with Crippen LogP contribution in [0.5, 0.6) is 17.2 Å². The van der Waals surface area contributed by atoms with Crippen LogP contribution in [0, 0.1) is 5.92 Å². The van der Waals surface area contributed by atoms with Crippen LogP contribution in [0.3, 0.4) is 0 Å². The summed E-state index contributed by atoms with van der Waals surface area (Å²) in [6.45, 7) is 1.94. The van der Waals surface area contributed by atoms with Crippen molar-refractivity contribution in [3.63, 3.8) is 0 Å². The number of carbonyl (C=O) groups is 2. The minimum Gasteiger partial charge on any atom is -0.497 e. The summed E-state index contributed by atoms with van der Waals surface area (Å²) in [5.41, 5.74) is 2.48.